The summed E-state index contributed by atoms with van der Waals surface area (Å²) in [7, 11) is 3.21. The van der Waals surface area contributed by atoms with E-state index in [2.05, 4.69) is 10.6 Å². The number of thioether (sulfide) groups is 1. The van der Waals surface area contributed by atoms with Crippen LogP contribution >= 0.6 is 11.8 Å². The molecule has 0 aromatic heterocycles. The Labute approximate surface area is 127 Å². The van der Waals surface area contributed by atoms with Crippen LogP contribution in [-0.2, 0) is 14.4 Å². The Morgan fingerprint density at radius 2 is 2.00 bits per heavy atom. The van der Waals surface area contributed by atoms with Crippen molar-refractivity contribution in [2.75, 3.05) is 26.0 Å². The number of carbonyl (C=O) groups excluding carboxylic acids is 3. The Kier molecular flexibility index (Phi) is 4.22. The van der Waals surface area contributed by atoms with Gasteiger partial charge in [-0.05, 0) is 19.1 Å². The van der Waals surface area contributed by atoms with Crippen LogP contribution in [-0.4, -0.2) is 48.0 Å². The van der Waals surface area contributed by atoms with Gasteiger partial charge in [-0.3, -0.25) is 14.4 Å². The highest BCUT2D eigenvalue weighted by atomic mass is 32.2. The number of benzene rings is 1. The molecule has 0 spiro atoms. The van der Waals surface area contributed by atoms with Crippen LogP contribution in [0.4, 0.5) is 5.69 Å². The average molecular weight is 307 g/mol. The van der Waals surface area contributed by atoms with E-state index in [4.69, 9.17) is 0 Å². The number of amides is 3. The first kappa shape index (κ1) is 15.4. The van der Waals surface area contributed by atoms with Gasteiger partial charge in [0, 0.05) is 19.0 Å². The number of fused-ring (bicyclic) bond motifs is 1. The molecule has 2 N–H and O–H groups in total. The SMILES string of the molecule is CN(C)C(=O)CNC(=O)C1(C)Sc2ccccc2NC1=O. The Balaban J connectivity index is 2.13. The molecule has 6 nitrogen and oxygen atoms in total. The average Bonchev–Trinajstić information content (AvgIpc) is 2.45. The molecule has 2 rings (SSSR count). The van der Waals surface area contributed by atoms with E-state index in [9.17, 15) is 14.4 Å². The van der Waals surface area contributed by atoms with Crippen molar-refractivity contribution in [2.24, 2.45) is 0 Å². The second-order valence-corrected chi connectivity index (χ2v) is 6.52. The maximum Gasteiger partial charge on any atom is 0.250 e. The highest BCUT2D eigenvalue weighted by Crippen LogP contribution is 2.42. The molecule has 1 heterocycles. The van der Waals surface area contributed by atoms with Crippen LogP contribution in [0.3, 0.4) is 0 Å². The van der Waals surface area contributed by atoms with Gasteiger partial charge < -0.3 is 15.5 Å². The topological polar surface area (TPSA) is 78.5 Å². The Hall–Kier alpha value is -2.02. The van der Waals surface area contributed by atoms with E-state index in [0.717, 1.165) is 4.90 Å². The first-order valence-corrected chi connectivity index (χ1v) is 7.24. The van der Waals surface area contributed by atoms with Gasteiger partial charge in [-0.2, -0.15) is 0 Å². The third-order valence-corrected chi connectivity index (χ3v) is 4.57. The van der Waals surface area contributed by atoms with Crippen LogP contribution in [0.2, 0.25) is 0 Å². The third-order valence-electron chi connectivity index (χ3n) is 3.21. The van der Waals surface area contributed by atoms with Crippen molar-refractivity contribution in [3.8, 4) is 0 Å². The number of likely N-dealkylation sites (N-methyl/N-ethyl adjacent to an activating group) is 1. The number of nitrogens with one attached hydrogen (secondary N) is 2. The molecular formula is C14H17N3O3S. The summed E-state index contributed by atoms with van der Waals surface area (Å²) in [6, 6.07) is 7.29. The van der Waals surface area contributed by atoms with Gasteiger partial charge in [0.2, 0.25) is 17.7 Å². The fraction of sp³-hybridized carbons (Fsp3) is 0.357. The molecule has 1 aromatic carbocycles. The van der Waals surface area contributed by atoms with Gasteiger partial charge in [0.1, 0.15) is 0 Å². The normalized spacial score (nSPS) is 20.2. The molecule has 1 aliphatic rings. The molecule has 1 aromatic rings. The van der Waals surface area contributed by atoms with E-state index in [0.29, 0.717) is 5.69 Å². The van der Waals surface area contributed by atoms with Gasteiger partial charge >= 0.3 is 0 Å². The van der Waals surface area contributed by atoms with Gasteiger partial charge in [0.15, 0.2) is 4.75 Å². The van der Waals surface area contributed by atoms with Crippen LogP contribution < -0.4 is 10.6 Å². The molecule has 21 heavy (non-hydrogen) atoms. The zero-order valence-corrected chi connectivity index (χ0v) is 12.9. The number of rotatable bonds is 3. The minimum atomic E-state index is -1.29. The molecule has 1 atom stereocenters. The lowest BCUT2D eigenvalue weighted by molar-refractivity contribution is -0.134. The van der Waals surface area contributed by atoms with Crippen molar-refractivity contribution >= 4 is 35.2 Å². The number of para-hydroxylation sites is 1. The van der Waals surface area contributed by atoms with Crippen molar-refractivity contribution in [1.29, 1.82) is 0 Å². The van der Waals surface area contributed by atoms with Gasteiger partial charge in [-0.1, -0.05) is 23.9 Å². The zero-order chi connectivity index (χ0) is 15.6. The van der Waals surface area contributed by atoms with E-state index in [-0.39, 0.29) is 18.4 Å². The predicted octanol–water partition coefficient (Wildman–Crippen LogP) is 0.694. The van der Waals surface area contributed by atoms with E-state index in [1.54, 1.807) is 27.1 Å². The van der Waals surface area contributed by atoms with Crippen LogP contribution in [0.15, 0.2) is 29.2 Å². The predicted molar refractivity (Wildman–Crippen MR) is 81.0 cm³/mol. The summed E-state index contributed by atoms with van der Waals surface area (Å²) in [5.41, 5.74) is 0.696. The van der Waals surface area contributed by atoms with E-state index in [1.807, 2.05) is 18.2 Å². The monoisotopic (exact) mass is 307 g/mol. The Morgan fingerprint density at radius 3 is 2.67 bits per heavy atom. The number of nitrogens with zero attached hydrogens (tertiary/aromatic N) is 1. The van der Waals surface area contributed by atoms with Gasteiger partial charge in [0.05, 0.1) is 12.2 Å². The number of hydrogen-bond donors (Lipinski definition) is 2. The van der Waals surface area contributed by atoms with Crippen molar-refractivity contribution in [3.63, 3.8) is 0 Å². The van der Waals surface area contributed by atoms with Crippen molar-refractivity contribution in [2.45, 2.75) is 16.6 Å². The first-order chi connectivity index (χ1) is 9.84. The molecule has 0 saturated carbocycles. The van der Waals surface area contributed by atoms with Crippen molar-refractivity contribution in [3.05, 3.63) is 24.3 Å². The lowest BCUT2D eigenvalue weighted by Crippen LogP contribution is -2.53. The standard InChI is InChI=1S/C14H17N3O3S/c1-14(12(19)15-8-11(18)17(2)3)13(20)16-9-6-4-5-7-10(9)21-14/h4-7H,8H2,1-3H3,(H,15,19)(H,16,20). The molecule has 1 unspecified atom stereocenters. The van der Waals surface area contributed by atoms with Crippen molar-refractivity contribution < 1.29 is 14.4 Å². The fourth-order valence-corrected chi connectivity index (χ4v) is 2.92. The number of anilines is 1. The highest BCUT2D eigenvalue weighted by molar-refractivity contribution is 8.02. The molecule has 0 bridgehead atoms. The highest BCUT2D eigenvalue weighted by Gasteiger charge is 2.45. The quantitative estimate of drug-likeness (QED) is 0.806. The largest absolute Gasteiger partial charge is 0.347 e. The lowest BCUT2D eigenvalue weighted by Gasteiger charge is -2.31. The minimum Gasteiger partial charge on any atom is -0.347 e. The van der Waals surface area contributed by atoms with Crippen LogP contribution in [0.1, 0.15) is 6.92 Å². The summed E-state index contributed by atoms with van der Waals surface area (Å²) < 4.78 is -1.29. The molecular weight excluding hydrogens is 290 g/mol. The maximum atomic E-state index is 12.3. The molecule has 0 fully saturated rings. The zero-order valence-electron chi connectivity index (χ0n) is 12.1. The summed E-state index contributed by atoms with van der Waals surface area (Å²) in [6.45, 7) is 1.43. The molecule has 1 aliphatic heterocycles. The molecule has 0 aliphatic carbocycles. The van der Waals surface area contributed by atoms with Crippen LogP contribution in [0.5, 0.6) is 0 Å². The minimum absolute atomic E-state index is 0.128. The number of hydrogen-bond acceptors (Lipinski definition) is 4. The fourth-order valence-electron chi connectivity index (χ4n) is 1.80. The smallest absolute Gasteiger partial charge is 0.250 e. The first-order valence-electron chi connectivity index (χ1n) is 6.42. The van der Waals surface area contributed by atoms with E-state index in [1.165, 1.54) is 16.7 Å². The van der Waals surface area contributed by atoms with E-state index >= 15 is 0 Å². The third kappa shape index (κ3) is 3.02. The second-order valence-electron chi connectivity index (χ2n) is 5.06. The Bertz CT molecular complexity index is 603. The molecule has 0 saturated heterocycles. The molecule has 3 amide bonds. The molecule has 7 heteroatoms. The van der Waals surface area contributed by atoms with Gasteiger partial charge in [-0.15, -0.1) is 0 Å². The maximum absolute atomic E-state index is 12.3. The van der Waals surface area contributed by atoms with E-state index < -0.39 is 10.7 Å². The number of carbonyl (C=O) groups is 3. The van der Waals surface area contributed by atoms with Gasteiger partial charge in [-0.25, -0.2) is 0 Å². The van der Waals surface area contributed by atoms with Crippen LogP contribution in [0.25, 0.3) is 0 Å². The molecule has 112 valence electrons. The second kappa shape index (κ2) is 5.77. The Morgan fingerprint density at radius 1 is 1.33 bits per heavy atom. The van der Waals surface area contributed by atoms with Crippen LogP contribution in [0, 0.1) is 0 Å². The summed E-state index contributed by atoms with van der Waals surface area (Å²) in [6.07, 6.45) is 0. The lowest BCUT2D eigenvalue weighted by atomic mass is 10.1. The summed E-state index contributed by atoms with van der Waals surface area (Å²) >= 11 is 1.19. The summed E-state index contributed by atoms with van der Waals surface area (Å²) in [4.78, 5) is 38.2. The molecule has 0 radical (unpaired) electrons. The summed E-state index contributed by atoms with van der Waals surface area (Å²) in [5.74, 6) is -1.09. The summed E-state index contributed by atoms with van der Waals surface area (Å²) in [5, 5.41) is 5.25. The van der Waals surface area contributed by atoms with Gasteiger partial charge in [0.25, 0.3) is 0 Å². The van der Waals surface area contributed by atoms with Crippen molar-refractivity contribution in [1.82, 2.24) is 10.2 Å².